The summed E-state index contributed by atoms with van der Waals surface area (Å²) in [4.78, 5) is 18.5. The number of likely N-dealkylation sites (N-methyl/N-ethyl adjacent to an activating group) is 1. The third kappa shape index (κ3) is 11.4. The zero-order chi connectivity index (χ0) is 38.6. The molecule has 0 radical (unpaired) electrons. The number of ether oxygens (including phenoxy) is 5. The number of hydrogen-bond donors (Lipinski definition) is 3. The maximum absolute atomic E-state index is 14.3. The second-order valence-corrected chi connectivity index (χ2v) is 17.8. The zero-order valence-electron chi connectivity index (χ0n) is 34.6. The summed E-state index contributed by atoms with van der Waals surface area (Å²) in [6.45, 7) is 20.2. The van der Waals surface area contributed by atoms with E-state index >= 15 is 0 Å². The molecule has 0 saturated carbocycles. The number of carbonyl (C=O) groups excluding carboxylic acids is 1. The van der Waals surface area contributed by atoms with Crippen LogP contribution in [0.15, 0.2) is 0 Å². The second-order valence-electron chi connectivity index (χ2n) is 17.8. The quantitative estimate of drug-likeness (QED) is 0.327. The van der Waals surface area contributed by atoms with E-state index in [1.807, 2.05) is 48.6 Å². The van der Waals surface area contributed by atoms with Crippen molar-refractivity contribution >= 4 is 5.78 Å². The fourth-order valence-corrected chi connectivity index (χ4v) is 9.42. The van der Waals surface area contributed by atoms with Crippen molar-refractivity contribution in [2.24, 2.45) is 23.7 Å². The first-order valence-electron chi connectivity index (χ1n) is 19.7. The van der Waals surface area contributed by atoms with Gasteiger partial charge in [0.1, 0.15) is 5.78 Å². The number of hydrogen-bond acceptors (Lipinski definition) is 11. The fraction of sp³-hybridized carbons (Fsp3) is 0.975. The van der Waals surface area contributed by atoms with Crippen LogP contribution in [0.4, 0.5) is 0 Å². The average Bonchev–Trinajstić information content (AvgIpc) is 3.03. The highest BCUT2D eigenvalue weighted by atomic mass is 16.7. The van der Waals surface area contributed by atoms with E-state index in [0.29, 0.717) is 38.6 Å². The van der Waals surface area contributed by atoms with E-state index in [9.17, 15) is 20.1 Å². The Balaban J connectivity index is 2.10. The lowest BCUT2D eigenvalue weighted by Crippen LogP contribution is -2.57. The summed E-state index contributed by atoms with van der Waals surface area (Å²) in [5, 5.41) is 35.9. The number of ketones is 1. The topological polar surface area (TPSA) is 130 Å². The molecule has 0 spiro atoms. The molecule has 3 heterocycles. The molecule has 16 atom stereocenters. The molecule has 300 valence electrons. The number of methoxy groups -OCH3 is 1. The lowest BCUT2D eigenvalue weighted by atomic mass is 9.74. The maximum atomic E-state index is 14.3. The Labute approximate surface area is 310 Å². The molecular weight excluding hydrogens is 652 g/mol. The lowest BCUT2D eigenvalue weighted by Gasteiger charge is -2.47. The van der Waals surface area contributed by atoms with Gasteiger partial charge in [0.15, 0.2) is 12.6 Å². The molecule has 0 aliphatic carbocycles. The van der Waals surface area contributed by atoms with Crippen molar-refractivity contribution in [3.63, 3.8) is 0 Å². The van der Waals surface area contributed by atoms with Crippen LogP contribution < -0.4 is 0 Å². The normalized spacial score (nSPS) is 47.8. The van der Waals surface area contributed by atoms with Crippen LogP contribution in [0.5, 0.6) is 0 Å². The fourth-order valence-electron chi connectivity index (χ4n) is 9.42. The van der Waals surface area contributed by atoms with Gasteiger partial charge in [0.2, 0.25) is 0 Å². The van der Waals surface area contributed by atoms with Crippen molar-refractivity contribution in [3.05, 3.63) is 0 Å². The van der Waals surface area contributed by atoms with Crippen molar-refractivity contribution in [2.75, 3.05) is 34.8 Å². The minimum absolute atomic E-state index is 0.00631. The molecule has 3 aliphatic rings. The average molecular weight is 729 g/mol. The first-order valence-corrected chi connectivity index (χ1v) is 19.7. The summed E-state index contributed by atoms with van der Waals surface area (Å²) in [7, 11) is 7.79. The largest absolute Gasteiger partial charge is 0.388 e. The molecule has 3 N–H and O–H groups in total. The SMILES string of the molecule is CC[C@H]1CCC(=O)[C@H](C)[C@@H](OC2C[C@@](C)(OC)C[C@H](C)O2)[C@H](C)[C@@H](OC2C[C@@H](N(C)C)C[C@@H](C)O2)[C@](C)(O)C[C@@H](C)CN(C)[C@H](C)[C@@H](O)[C@]1(C)O. The third-order valence-corrected chi connectivity index (χ3v) is 12.8. The number of nitrogens with zero attached hydrogens (tertiary/aromatic N) is 2. The van der Waals surface area contributed by atoms with Gasteiger partial charge < -0.3 is 48.8 Å². The van der Waals surface area contributed by atoms with E-state index in [0.717, 1.165) is 12.8 Å². The number of aliphatic hydroxyl groups excluding tert-OH is 1. The van der Waals surface area contributed by atoms with Crippen LogP contribution in [-0.2, 0) is 28.5 Å². The Bertz CT molecular complexity index is 1090. The van der Waals surface area contributed by atoms with E-state index < -0.39 is 59.5 Å². The summed E-state index contributed by atoms with van der Waals surface area (Å²) >= 11 is 0. The number of rotatable bonds is 7. The molecule has 3 fully saturated rings. The molecule has 0 aromatic heterocycles. The highest BCUT2D eigenvalue weighted by molar-refractivity contribution is 5.81. The van der Waals surface area contributed by atoms with Crippen LogP contribution in [-0.4, -0.2) is 138 Å². The molecule has 2 unspecified atom stereocenters. The summed E-state index contributed by atoms with van der Waals surface area (Å²) in [6.07, 6.45) is 0.599. The van der Waals surface area contributed by atoms with E-state index in [-0.39, 0.29) is 48.3 Å². The predicted octanol–water partition coefficient (Wildman–Crippen LogP) is 5.01. The first-order chi connectivity index (χ1) is 23.5. The van der Waals surface area contributed by atoms with Gasteiger partial charge in [0.25, 0.3) is 0 Å². The Hall–Kier alpha value is -0.730. The van der Waals surface area contributed by atoms with Gasteiger partial charge in [-0.2, -0.15) is 0 Å². The summed E-state index contributed by atoms with van der Waals surface area (Å²) in [6, 6.07) is -0.103. The molecular formula is C40H76N2O9. The molecule has 3 saturated heterocycles. The first kappa shape index (κ1) is 44.7. The monoisotopic (exact) mass is 729 g/mol. The zero-order valence-corrected chi connectivity index (χ0v) is 34.6. The molecule has 51 heavy (non-hydrogen) atoms. The summed E-state index contributed by atoms with van der Waals surface area (Å²) < 4.78 is 32.5. The van der Waals surface area contributed by atoms with Gasteiger partial charge in [-0.1, -0.05) is 34.1 Å². The highest BCUT2D eigenvalue weighted by Gasteiger charge is 2.49. The third-order valence-electron chi connectivity index (χ3n) is 12.8. The smallest absolute Gasteiger partial charge is 0.161 e. The van der Waals surface area contributed by atoms with E-state index in [2.05, 4.69) is 44.7 Å². The van der Waals surface area contributed by atoms with Gasteiger partial charge in [-0.15, -0.1) is 0 Å². The van der Waals surface area contributed by atoms with Gasteiger partial charge in [0.05, 0.1) is 47.3 Å². The van der Waals surface area contributed by atoms with Gasteiger partial charge in [-0.05, 0) is 93.8 Å². The number of Topliss-reactive ketones (excluding diaryl/α,β-unsaturated/α-hetero) is 1. The molecule has 3 aliphatic heterocycles. The second kappa shape index (κ2) is 18.3. The minimum Gasteiger partial charge on any atom is -0.388 e. The van der Waals surface area contributed by atoms with Crippen LogP contribution in [0.25, 0.3) is 0 Å². The molecule has 11 heteroatoms. The van der Waals surface area contributed by atoms with E-state index in [4.69, 9.17) is 23.7 Å². The van der Waals surface area contributed by atoms with Gasteiger partial charge in [0, 0.05) is 63.3 Å². The van der Waals surface area contributed by atoms with Crippen molar-refractivity contribution in [1.82, 2.24) is 9.80 Å². The summed E-state index contributed by atoms with van der Waals surface area (Å²) in [5.41, 5.74) is -3.20. The van der Waals surface area contributed by atoms with E-state index in [1.54, 1.807) is 14.0 Å². The Kier molecular flexibility index (Phi) is 16.0. The van der Waals surface area contributed by atoms with Crippen LogP contribution in [0.1, 0.15) is 121 Å². The molecule has 0 bridgehead atoms. The van der Waals surface area contributed by atoms with Crippen molar-refractivity contribution in [1.29, 1.82) is 0 Å². The van der Waals surface area contributed by atoms with Gasteiger partial charge >= 0.3 is 0 Å². The van der Waals surface area contributed by atoms with Crippen LogP contribution in [0, 0.1) is 23.7 Å². The van der Waals surface area contributed by atoms with Crippen molar-refractivity contribution < 1.29 is 43.8 Å². The van der Waals surface area contributed by atoms with Gasteiger partial charge in [-0.25, -0.2) is 0 Å². The van der Waals surface area contributed by atoms with Gasteiger partial charge in [-0.3, -0.25) is 4.79 Å². The Morgan fingerprint density at radius 1 is 0.922 bits per heavy atom. The van der Waals surface area contributed by atoms with Crippen molar-refractivity contribution in [3.8, 4) is 0 Å². The standard InChI is InChI=1S/C40H76N2O9/c1-15-30-16-17-32(43)27(5)35(50-34-22-38(8,47-14)21-26(4)49-34)28(6)37(51-33-19-31(41(11)12)18-25(3)48-33)39(9,45)20-24(2)23-42(13)29(7)36(44)40(30,10)46/h24-31,33-37,44-46H,15-23H2,1-14H3/t24-,25-,26+,27+,28+,29-,30+,31+,33?,34?,35-,36-,37-,38+,39-,40-/m1/s1. The molecule has 11 nitrogen and oxygen atoms in total. The lowest BCUT2D eigenvalue weighted by molar-refractivity contribution is -0.290. The van der Waals surface area contributed by atoms with Crippen LogP contribution in [0.2, 0.25) is 0 Å². The van der Waals surface area contributed by atoms with Crippen LogP contribution >= 0.6 is 0 Å². The Morgan fingerprint density at radius 3 is 2.14 bits per heavy atom. The molecule has 0 amide bonds. The number of aliphatic hydroxyl groups is 3. The van der Waals surface area contributed by atoms with E-state index in [1.165, 1.54) is 0 Å². The highest BCUT2D eigenvalue weighted by Crippen LogP contribution is 2.40. The molecule has 3 rings (SSSR count). The molecule has 0 aromatic carbocycles. The minimum atomic E-state index is -1.40. The summed E-state index contributed by atoms with van der Waals surface area (Å²) in [5.74, 6) is -1.34. The van der Waals surface area contributed by atoms with Crippen LogP contribution in [0.3, 0.4) is 0 Å². The van der Waals surface area contributed by atoms with Crippen molar-refractivity contribution in [2.45, 2.75) is 193 Å². The predicted molar refractivity (Wildman–Crippen MR) is 199 cm³/mol. The molecule has 0 aromatic rings. The number of carbonyl (C=O) groups is 1. The maximum Gasteiger partial charge on any atom is 0.161 e. The Morgan fingerprint density at radius 2 is 1.55 bits per heavy atom.